The van der Waals surface area contributed by atoms with Crippen LogP contribution in [0.15, 0.2) is 40.8 Å². The molecule has 0 spiro atoms. The Balaban J connectivity index is 1.69. The average molecular weight is 361 g/mol. The van der Waals surface area contributed by atoms with Crippen LogP contribution in [0, 0.1) is 0 Å². The van der Waals surface area contributed by atoms with Crippen LogP contribution in [0.5, 0.6) is 0 Å². The molecule has 3 heterocycles. The van der Waals surface area contributed by atoms with Gasteiger partial charge in [-0.15, -0.1) is 0 Å². The van der Waals surface area contributed by atoms with Crippen LogP contribution >= 0.6 is 0 Å². The summed E-state index contributed by atoms with van der Waals surface area (Å²) < 4.78 is 11.6. The van der Waals surface area contributed by atoms with Gasteiger partial charge in [-0.05, 0) is 48.6 Å². The number of H-pyrrole nitrogens is 1. The van der Waals surface area contributed by atoms with Gasteiger partial charge < -0.3 is 14.1 Å². The number of oxazole rings is 1. The Kier molecular flexibility index (Phi) is 3.97. The van der Waals surface area contributed by atoms with Crippen molar-refractivity contribution in [3.8, 4) is 11.5 Å². The van der Waals surface area contributed by atoms with E-state index in [4.69, 9.17) is 14.1 Å². The van der Waals surface area contributed by atoms with Crippen molar-refractivity contribution in [1.29, 1.82) is 0 Å². The fourth-order valence-corrected chi connectivity index (χ4v) is 3.88. The van der Waals surface area contributed by atoms with Gasteiger partial charge in [0.15, 0.2) is 5.58 Å². The molecule has 0 unspecified atom stereocenters. The lowest BCUT2D eigenvalue weighted by Gasteiger charge is -2.23. The minimum atomic E-state index is 0.354. The SMILES string of the molecule is CC(C)c1nc2cc(-c3nc4ccccc4o3)cc(C3CCOCC3)c2[nH]1. The standard InChI is InChI=1S/C22H23N3O2/c1-13(2)21-23-18-12-15(22-24-17-5-3-4-6-19(17)27-22)11-16(20(18)25-21)14-7-9-26-10-8-14/h3-6,11-14H,7-10H2,1-2H3,(H,23,25). The molecular weight excluding hydrogens is 338 g/mol. The predicted octanol–water partition coefficient (Wildman–Crippen LogP) is 5.39. The molecule has 0 amide bonds. The number of rotatable bonds is 3. The zero-order valence-electron chi connectivity index (χ0n) is 15.7. The number of aromatic amines is 1. The van der Waals surface area contributed by atoms with Gasteiger partial charge in [-0.3, -0.25) is 0 Å². The molecular formula is C22H23N3O2. The number of nitrogens with one attached hydrogen (secondary N) is 1. The van der Waals surface area contributed by atoms with Crippen molar-refractivity contribution >= 4 is 22.1 Å². The van der Waals surface area contributed by atoms with Crippen LogP contribution in [-0.4, -0.2) is 28.2 Å². The summed E-state index contributed by atoms with van der Waals surface area (Å²) in [6.07, 6.45) is 2.06. The van der Waals surface area contributed by atoms with Gasteiger partial charge in [0.2, 0.25) is 5.89 Å². The van der Waals surface area contributed by atoms with Crippen molar-refractivity contribution in [3.63, 3.8) is 0 Å². The Morgan fingerprint density at radius 3 is 2.63 bits per heavy atom. The topological polar surface area (TPSA) is 63.9 Å². The molecule has 2 aromatic carbocycles. The predicted molar refractivity (Wildman–Crippen MR) is 106 cm³/mol. The molecule has 1 saturated heterocycles. The second kappa shape index (κ2) is 6.50. The minimum absolute atomic E-state index is 0.354. The molecule has 1 aliphatic heterocycles. The Labute approximate surface area is 157 Å². The first-order valence-corrected chi connectivity index (χ1v) is 9.66. The number of hydrogen-bond acceptors (Lipinski definition) is 4. The van der Waals surface area contributed by atoms with Crippen molar-refractivity contribution < 1.29 is 9.15 Å². The Morgan fingerprint density at radius 2 is 1.85 bits per heavy atom. The molecule has 1 aliphatic rings. The highest BCUT2D eigenvalue weighted by molar-refractivity contribution is 5.86. The summed E-state index contributed by atoms with van der Waals surface area (Å²) in [6.45, 7) is 5.94. The summed E-state index contributed by atoms with van der Waals surface area (Å²) in [6, 6.07) is 12.2. The first kappa shape index (κ1) is 16.5. The molecule has 5 heteroatoms. The first-order valence-electron chi connectivity index (χ1n) is 9.66. The second-order valence-corrected chi connectivity index (χ2v) is 7.61. The zero-order chi connectivity index (χ0) is 18.4. The van der Waals surface area contributed by atoms with Crippen LogP contribution in [0.4, 0.5) is 0 Å². The molecule has 1 N–H and O–H groups in total. The van der Waals surface area contributed by atoms with Gasteiger partial charge in [0, 0.05) is 24.7 Å². The van der Waals surface area contributed by atoms with Crippen molar-refractivity contribution in [2.75, 3.05) is 13.2 Å². The highest BCUT2D eigenvalue weighted by Crippen LogP contribution is 2.36. The minimum Gasteiger partial charge on any atom is -0.436 e. The number of ether oxygens (including phenoxy) is 1. The van der Waals surface area contributed by atoms with Crippen LogP contribution in [0.1, 0.15) is 49.9 Å². The van der Waals surface area contributed by atoms with Gasteiger partial charge in [-0.25, -0.2) is 9.97 Å². The molecule has 1 fully saturated rings. The van der Waals surface area contributed by atoms with Crippen molar-refractivity contribution in [2.45, 2.75) is 38.5 Å². The van der Waals surface area contributed by atoms with Gasteiger partial charge in [-0.2, -0.15) is 0 Å². The van der Waals surface area contributed by atoms with Gasteiger partial charge >= 0.3 is 0 Å². The third kappa shape index (κ3) is 2.92. The third-order valence-corrected chi connectivity index (χ3v) is 5.39. The number of hydrogen-bond donors (Lipinski definition) is 1. The maximum absolute atomic E-state index is 6.03. The molecule has 0 aliphatic carbocycles. The van der Waals surface area contributed by atoms with E-state index in [-0.39, 0.29) is 0 Å². The van der Waals surface area contributed by atoms with Gasteiger partial charge in [0.05, 0.1) is 11.0 Å². The molecule has 2 aromatic heterocycles. The molecule has 0 bridgehead atoms. The quantitative estimate of drug-likeness (QED) is 0.531. The number of para-hydroxylation sites is 2. The molecule has 4 aromatic rings. The molecule has 0 atom stereocenters. The van der Waals surface area contributed by atoms with Crippen molar-refractivity contribution in [1.82, 2.24) is 15.0 Å². The zero-order valence-corrected chi connectivity index (χ0v) is 15.7. The lowest BCUT2D eigenvalue weighted by atomic mass is 9.89. The van der Waals surface area contributed by atoms with Gasteiger partial charge in [0.1, 0.15) is 11.3 Å². The number of nitrogens with zero attached hydrogens (tertiary/aromatic N) is 2. The Morgan fingerprint density at radius 1 is 1.04 bits per heavy atom. The van der Waals surface area contributed by atoms with Gasteiger partial charge in [0.25, 0.3) is 0 Å². The van der Waals surface area contributed by atoms with E-state index in [9.17, 15) is 0 Å². The summed E-state index contributed by atoms with van der Waals surface area (Å²) in [5.41, 5.74) is 6.11. The summed E-state index contributed by atoms with van der Waals surface area (Å²) in [4.78, 5) is 13.1. The lowest BCUT2D eigenvalue weighted by molar-refractivity contribution is 0.0856. The van der Waals surface area contributed by atoms with Crippen molar-refractivity contribution in [3.05, 3.63) is 47.8 Å². The van der Waals surface area contributed by atoms with Crippen LogP contribution < -0.4 is 0 Å². The van der Waals surface area contributed by atoms with E-state index in [1.54, 1.807) is 0 Å². The van der Waals surface area contributed by atoms with E-state index in [1.807, 2.05) is 24.3 Å². The van der Waals surface area contributed by atoms with Crippen LogP contribution in [-0.2, 0) is 4.74 Å². The maximum atomic E-state index is 6.03. The third-order valence-electron chi connectivity index (χ3n) is 5.39. The number of imidazole rings is 1. The van der Waals surface area contributed by atoms with E-state index in [2.05, 4.69) is 35.9 Å². The number of fused-ring (bicyclic) bond motifs is 2. The summed E-state index contributed by atoms with van der Waals surface area (Å²) in [5.74, 6) is 2.49. The van der Waals surface area contributed by atoms with Crippen LogP contribution in [0.25, 0.3) is 33.6 Å². The van der Waals surface area contributed by atoms with E-state index in [0.29, 0.717) is 17.7 Å². The summed E-state index contributed by atoms with van der Waals surface area (Å²) in [5, 5.41) is 0. The van der Waals surface area contributed by atoms with Crippen LogP contribution in [0.2, 0.25) is 0 Å². The first-order chi connectivity index (χ1) is 13.2. The molecule has 27 heavy (non-hydrogen) atoms. The Bertz CT molecular complexity index is 1070. The van der Waals surface area contributed by atoms with E-state index in [0.717, 1.165) is 59.6 Å². The highest BCUT2D eigenvalue weighted by Gasteiger charge is 2.22. The number of aromatic nitrogens is 3. The highest BCUT2D eigenvalue weighted by atomic mass is 16.5. The molecule has 5 nitrogen and oxygen atoms in total. The van der Waals surface area contributed by atoms with Gasteiger partial charge in [-0.1, -0.05) is 26.0 Å². The number of benzene rings is 2. The van der Waals surface area contributed by atoms with Crippen molar-refractivity contribution in [2.24, 2.45) is 0 Å². The fraction of sp³-hybridized carbons (Fsp3) is 0.364. The summed E-state index contributed by atoms with van der Waals surface area (Å²) >= 11 is 0. The second-order valence-electron chi connectivity index (χ2n) is 7.61. The monoisotopic (exact) mass is 361 g/mol. The smallest absolute Gasteiger partial charge is 0.227 e. The molecule has 138 valence electrons. The Hall–Kier alpha value is -2.66. The molecule has 5 rings (SSSR count). The summed E-state index contributed by atoms with van der Waals surface area (Å²) in [7, 11) is 0. The average Bonchev–Trinajstić information content (AvgIpc) is 3.32. The fourth-order valence-electron chi connectivity index (χ4n) is 3.88. The maximum Gasteiger partial charge on any atom is 0.227 e. The normalized spacial score (nSPS) is 16.0. The van der Waals surface area contributed by atoms with E-state index >= 15 is 0 Å². The molecule has 0 radical (unpaired) electrons. The molecule has 0 saturated carbocycles. The van der Waals surface area contributed by atoms with E-state index < -0.39 is 0 Å². The lowest BCUT2D eigenvalue weighted by Crippen LogP contribution is -2.14. The van der Waals surface area contributed by atoms with Crippen LogP contribution in [0.3, 0.4) is 0 Å². The largest absolute Gasteiger partial charge is 0.436 e. The van der Waals surface area contributed by atoms with E-state index in [1.165, 1.54) is 5.56 Å².